The zero-order chi connectivity index (χ0) is 14.7. The summed E-state index contributed by atoms with van der Waals surface area (Å²) in [5.41, 5.74) is 2.81. The number of hydrogen-bond donors (Lipinski definition) is 0. The fourth-order valence-corrected chi connectivity index (χ4v) is 2.09. The SMILES string of the molecule is C=C/C=C(\C=C/CC)C(C)(C)C1=CCCC=C1.CC. The van der Waals surface area contributed by atoms with E-state index in [1.54, 1.807) is 0 Å². The first-order valence-corrected chi connectivity index (χ1v) is 7.49. The summed E-state index contributed by atoms with van der Waals surface area (Å²) in [5.74, 6) is 0. The molecule has 0 saturated heterocycles. The Kier molecular flexibility index (Phi) is 8.95. The van der Waals surface area contributed by atoms with Crippen molar-refractivity contribution in [3.05, 3.63) is 60.3 Å². The summed E-state index contributed by atoms with van der Waals surface area (Å²) in [4.78, 5) is 0. The molecule has 1 aliphatic carbocycles. The lowest BCUT2D eigenvalue weighted by atomic mass is 9.75. The van der Waals surface area contributed by atoms with Crippen LogP contribution in [-0.4, -0.2) is 0 Å². The second-order valence-electron chi connectivity index (χ2n) is 4.93. The van der Waals surface area contributed by atoms with Crippen LogP contribution in [0.4, 0.5) is 0 Å². The molecule has 1 rings (SSSR count). The fourth-order valence-electron chi connectivity index (χ4n) is 2.09. The maximum Gasteiger partial charge on any atom is 0.0143 e. The Hall–Kier alpha value is -1.30. The molecule has 0 heteroatoms. The van der Waals surface area contributed by atoms with Gasteiger partial charge < -0.3 is 0 Å². The molecule has 0 atom stereocenters. The van der Waals surface area contributed by atoms with Gasteiger partial charge in [-0.05, 0) is 30.4 Å². The summed E-state index contributed by atoms with van der Waals surface area (Å²) in [5, 5.41) is 0. The van der Waals surface area contributed by atoms with E-state index >= 15 is 0 Å². The van der Waals surface area contributed by atoms with Gasteiger partial charge >= 0.3 is 0 Å². The first-order chi connectivity index (χ1) is 9.12. The summed E-state index contributed by atoms with van der Waals surface area (Å²) >= 11 is 0. The molecule has 0 amide bonds. The minimum atomic E-state index is 0.0663. The van der Waals surface area contributed by atoms with Crippen LogP contribution < -0.4 is 0 Å². The van der Waals surface area contributed by atoms with Crippen molar-refractivity contribution in [2.45, 2.75) is 53.9 Å². The van der Waals surface area contributed by atoms with Crippen LogP contribution >= 0.6 is 0 Å². The van der Waals surface area contributed by atoms with E-state index in [2.05, 4.69) is 63.8 Å². The molecule has 0 aromatic carbocycles. The quantitative estimate of drug-likeness (QED) is 0.501. The van der Waals surface area contributed by atoms with Gasteiger partial charge in [-0.15, -0.1) is 0 Å². The molecule has 0 saturated carbocycles. The van der Waals surface area contributed by atoms with E-state index in [1.807, 2.05) is 19.9 Å². The predicted octanol–water partition coefficient (Wildman–Crippen LogP) is 6.39. The van der Waals surface area contributed by atoms with Crippen LogP contribution in [0.25, 0.3) is 0 Å². The smallest absolute Gasteiger partial charge is 0.0143 e. The molecule has 0 aromatic heterocycles. The van der Waals surface area contributed by atoms with E-state index < -0.39 is 0 Å². The highest BCUT2D eigenvalue weighted by Crippen LogP contribution is 2.38. The van der Waals surface area contributed by atoms with Gasteiger partial charge in [0.1, 0.15) is 0 Å². The summed E-state index contributed by atoms with van der Waals surface area (Å²) in [7, 11) is 0. The van der Waals surface area contributed by atoms with Crippen LogP contribution in [0, 0.1) is 5.41 Å². The van der Waals surface area contributed by atoms with E-state index in [9.17, 15) is 0 Å². The van der Waals surface area contributed by atoms with Crippen molar-refractivity contribution in [3.63, 3.8) is 0 Å². The zero-order valence-electron chi connectivity index (χ0n) is 13.4. The van der Waals surface area contributed by atoms with Gasteiger partial charge in [0.15, 0.2) is 0 Å². The topological polar surface area (TPSA) is 0 Å². The van der Waals surface area contributed by atoms with Crippen molar-refractivity contribution in [1.82, 2.24) is 0 Å². The molecule has 0 aliphatic heterocycles. The molecule has 0 nitrogen and oxygen atoms in total. The summed E-state index contributed by atoms with van der Waals surface area (Å²) in [6.45, 7) is 14.5. The zero-order valence-corrected chi connectivity index (χ0v) is 13.4. The number of allylic oxidation sites excluding steroid dienone is 9. The molecule has 0 radical (unpaired) electrons. The van der Waals surface area contributed by atoms with Crippen molar-refractivity contribution in [2.75, 3.05) is 0 Å². The van der Waals surface area contributed by atoms with Gasteiger partial charge in [-0.1, -0.05) is 83.7 Å². The van der Waals surface area contributed by atoms with Gasteiger partial charge in [0, 0.05) is 5.41 Å². The van der Waals surface area contributed by atoms with Gasteiger partial charge in [0.2, 0.25) is 0 Å². The first kappa shape index (κ1) is 17.7. The predicted molar refractivity (Wildman–Crippen MR) is 89.3 cm³/mol. The maximum absolute atomic E-state index is 3.82. The fraction of sp³-hybridized carbons (Fsp3) is 0.474. The van der Waals surface area contributed by atoms with Gasteiger partial charge in [-0.25, -0.2) is 0 Å². The first-order valence-electron chi connectivity index (χ1n) is 7.49. The summed E-state index contributed by atoms with van der Waals surface area (Å²) < 4.78 is 0. The molecule has 0 aromatic rings. The lowest BCUT2D eigenvalue weighted by molar-refractivity contribution is 0.560. The molecule has 0 N–H and O–H groups in total. The van der Waals surface area contributed by atoms with Crippen molar-refractivity contribution in [3.8, 4) is 0 Å². The van der Waals surface area contributed by atoms with E-state index in [0.29, 0.717) is 0 Å². The van der Waals surface area contributed by atoms with Crippen LogP contribution in [-0.2, 0) is 0 Å². The molecular weight excluding hydrogens is 228 g/mol. The molecule has 0 fully saturated rings. The Morgan fingerprint density at radius 2 is 2.00 bits per heavy atom. The Morgan fingerprint density at radius 1 is 1.32 bits per heavy atom. The standard InChI is InChI=1S/C17H24.C2H6/c1-5-7-12-15(11-6-2)17(3,4)16-13-9-8-10-14-16;1-2/h6-7,9,11-14H,2,5,8,10H2,1,3-4H3;1-2H3/b12-7-,15-11+;. The summed E-state index contributed by atoms with van der Waals surface area (Å²) in [6.07, 6.45) is 18.7. The molecule has 106 valence electrons. The third-order valence-electron chi connectivity index (χ3n) is 3.27. The van der Waals surface area contributed by atoms with E-state index in [0.717, 1.165) is 12.8 Å². The Bertz CT molecular complexity index is 373. The van der Waals surface area contributed by atoms with E-state index in [1.165, 1.54) is 17.6 Å². The minimum Gasteiger partial charge on any atom is -0.0991 e. The molecule has 0 spiro atoms. The molecule has 0 bridgehead atoms. The van der Waals surface area contributed by atoms with Crippen LogP contribution in [0.1, 0.15) is 53.9 Å². The van der Waals surface area contributed by atoms with Crippen LogP contribution in [0.3, 0.4) is 0 Å². The Morgan fingerprint density at radius 3 is 2.47 bits per heavy atom. The molecule has 19 heavy (non-hydrogen) atoms. The Labute approximate surface area is 120 Å². The molecular formula is C19H30. The van der Waals surface area contributed by atoms with Crippen LogP contribution in [0.2, 0.25) is 0 Å². The number of hydrogen-bond acceptors (Lipinski definition) is 0. The van der Waals surface area contributed by atoms with Gasteiger partial charge in [-0.2, -0.15) is 0 Å². The van der Waals surface area contributed by atoms with Gasteiger partial charge in [0.25, 0.3) is 0 Å². The highest BCUT2D eigenvalue weighted by Gasteiger charge is 2.25. The molecule has 0 heterocycles. The van der Waals surface area contributed by atoms with Crippen molar-refractivity contribution >= 4 is 0 Å². The second kappa shape index (κ2) is 9.61. The largest absolute Gasteiger partial charge is 0.0991 e. The van der Waals surface area contributed by atoms with Crippen LogP contribution in [0.5, 0.6) is 0 Å². The average Bonchev–Trinajstić information content (AvgIpc) is 2.46. The highest BCUT2D eigenvalue weighted by molar-refractivity contribution is 5.42. The van der Waals surface area contributed by atoms with Crippen LogP contribution in [0.15, 0.2) is 60.3 Å². The maximum atomic E-state index is 3.82. The third-order valence-corrected chi connectivity index (χ3v) is 3.27. The lowest BCUT2D eigenvalue weighted by Gasteiger charge is -2.29. The number of rotatable bonds is 5. The van der Waals surface area contributed by atoms with Gasteiger partial charge in [0.05, 0.1) is 0 Å². The summed E-state index contributed by atoms with van der Waals surface area (Å²) in [6, 6.07) is 0. The van der Waals surface area contributed by atoms with Crippen molar-refractivity contribution < 1.29 is 0 Å². The second-order valence-corrected chi connectivity index (χ2v) is 4.93. The van der Waals surface area contributed by atoms with E-state index in [4.69, 9.17) is 0 Å². The molecule has 1 aliphatic rings. The normalized spacial score (nSPS) is 15.8. The third kappa shape index (κ3) is 5.46. The highest BCUT2D eigenvalue weighted by atomic mass is 14.3. The lowest BCUT2D eigenvalue weighted by Crippen LogP contribution is -2.17. The Balaban J connectivity index is 0.00000154. The van der Waals surface area contributed by atoms with E-state index in [-0.39, 0.29) is 5.41 Å². The molecule has 0 unspecified atom stereocenters. The van der Waals surface area contributed by atoms with Gasteiger partial charge in [-0.3, -0.25) is 0 Å². The monoisotopic (exact) mass is 258 g/mol. The van der Waals surface area contributed by atoms with Crippen molar-refractivity contribution in [1.29, 1.82) is 0 Å². The average molecular weight is 258 g/mol. The van der Waals surface area contributed by atoms with Crippen molar-refractivity contribution in [2.24, 2.45) is 5.41 Å². The minimum absolute atomic E-state index is 0.0663.